The summed E-state index contributed by atoms with van der Waals surface area (Å²) in [7, 11) is 0. The minimum absolute atomic E-state index is 0.127. The Morgan fingerprint density at radius 1 is 1.23 bits per heavy atom. The average molecular weight is 421 g/mol. The molecule has 3 aromatic heterocycles. The first-order chi connectivity index (χ1) is 14.7. The van der Waals surface area contributed by atoms with Crippen molar-refractivity contribution in [1.82, 2.24) is 19.7 Å². The summed E-state index contributed by atoms with van der Waals surface area (Å²) in [6.45, 7) is 4.77. The number of fused-ring (bicyclic) bond motifs is 1. The van der Waals surface area contributed by atoms with Crippen molar-refractivity contribution < 1.29 is 4.79 Å². The summed E-state index contributed by atoms with van der Waals surface area (Å²) in [5.74, 6) is -0.127. The van der Waals surface area contributed by atoms with Crippen molar-refractivity contribution in [2.75, 3.05) is 23.3 Å². The normalized spacial score (nSPS) is 14.4. The van der Waals surface area contributed by atoms with E-state index in [1.807, 2.05) is 42.0 Å². The molecular weight excluding hydrogens is 396 g/mol. The lowest BCUT2D eigenvalue weighted by Crippen LogP contribution is -2.29. The van der Waals surface area contributed by atoms with E-state index >= 15 is 0 Å². The van der Waals surface area contributed by atoms with Crippen LogP contribution in [0.15, 0.2) is 42.0 Å². The summed E-state index contributed by atoms with van der Waals surface area (Å²) in [4.78, 5) is 20.2. The fraction of sp³-hybridized carbons (Fsp3) is 0.318. The standard InChI is InChI=1S/C22H24N6OS/c1-15-9-20(21(29)24-17-5-6-19-16(10-17)11-23-26-19)28(12-15)13-18-14-30-22(25-18)27-7-3-2-4-8-27/h5-6,9-12,14H,2-4,7-8,13H2,1H3,(H,23,26)(H,24,29). The van der Waals surface area contributed by atoms with Gasteiger partial charge in [-0.3, -0.25) is 9.89 Å². The van der Waals surface area contributed by atoms with Crippen LogP contribution in [-0.4, -0.2) is 38.7 Å². The lowest BCUT2D eigenvalue weighted by molar-refractivity contribution is 0.101. The molecule has 4 heterocycles. The predicted octanol–water partition coefficient (Wildman–Crippen LogP) is 4.42. The molecule has 7 nitrogen and oxygen atoms in total. The highest BCUT2D eigenvalue weighted by atomic mass is 32.1. The highest BCUT2D eigenvalue weighted by Gasteiger charge is 2.17. The number of nitrogens with zero attached hydrogens (tertiary/aromatic N) is 4. The number of aromatic nitrogens is 4. The van der Waals surface area contributed by atoms with Crippen molar-refractivity contribution in [2.45, 2.75) is 32.7 Å². The number of carbonyl (C=O) groups excluding carboxylic acids is 1. The van der Waals surface area contributed by atoms with Gasteiger partial charge in [0.05, 0.1) is 24.0 Å². The van der Waals surface area contributed by atoms with Gasteiger partial charge in [-0.05, 0) is 56.0 Å². The molecule has 5 rings (SSSR count). The van der Waals surface area contributed by atoms with Crippen LogP contribution < -0.4 is 10.2 Å². The molecular formula is C22H24N6OS. The van der Waals surface area contributed by atoms with Crippen molar-refractivity contribution in [1.29, 1.82) is 0 Å². The molecule has 1 aliphatic heterocycles. The monoisotopic (exact) mass is 420 g/mol. The molecule has 8 heteroatoms. The second kappa shape index (κ2) is 7.95. The first kappa shape index (κ1) is 18.9. The lowest BCUT2D eigenvalue weighted by atomic mass is 10.1. The number of hydrogen-bond donors (Lipinski definition) is 2. The van der Waals surface area contributed by atoms with Crippen molar-refractivity contribution in [3.8, 4) is 0 Å². The van der Waals surface area contributed by atoms with Crippen LogP contribution in [0.1, 0.15) is 41.0 Å². The molecule has 1 aliphatic rings. The zero-order valence-electron chi connectivity index (χ0n) is 16.9. The molecule has 1 fully saturated rings. The van der Waals surface area contributed by atoms with Gasteiger partial charge in [-0.2, -0.15) is 5.10 Å². The van der Waals surface area contributed by atoms with Gasteiger partial charge in [0.15, 0.2) is 5.13 Å². The number of piperidine rings is 1. The third kappa shape index (κ3) is 3.82. The van der Waals surface area contributed by atoms with Gasteiger partial charge in [-0.15, -0.1) is 11.3 Å². The van der Waals surface area contributed by atoms with Crippen LogP contribution in [0.5, 0.6) is 0 Å². The van der Waals surface area contributed by atoms with E-state index in [-0.39, 0.29) is 5.91 Å². The fourth-order valence-corrected chi connectivity index (χ4v) is 4.84. The van der Waals surface area contributed by atoms with Crippen molar-refractivity contribution in [3.63, 3.8) is 0 Å². The Bertz CT molecular complexity index is 1180. The van der Waals surface area contributed by atoms with Crippen LogP contribution in [-0.2, 0) is 6.54 Å². The first-order valence-corrected chi connectivity index (χ1v) is 11.1. The van der Waals surface area contributed by atoms with Crippen molar-refractivity contribution >= 4 is 39.0 Å². The number of aromatic amines is 1. The maximum Gasteiger partial charge on any atom is 0.272 e. The van der Waals surface area contributed by atoms with Crippen molar-refractivity contribution in [3.05, 3.63) is 59.0 Å². The molecule has 1 aromatic carbocycles. The number of carbonyl (C=O) groups is 1. The minimum Gasteiger partial charge on any atom is -0.348 e. The molecule has 0 spiro atoms. The van der Waals surface area contributed by atoms with Crippen LogP contribution >= 0.6 is 11.3 Å². The Labute approximate surface area is 178 Å². The van der Waals surface area contributed by atoms with E-state index in [0.717, 1.165) is 46.1 Å². The molecule has 30 heavy (non-hydrogen) atoms. The Morgan fingerprint density at radius 3 is 2.97 bits per heavy atom. The number of thiazole rings is 1. The molecule has 1 saturated heterocycles. The summed E-state index contributed by atoms with van der Waals surface area (Å²) in [6.07, 6.45) is 7.54. The zero-order valence-corrected chi connectivity index (χ0v) is 17.7. The van der Waals surface area contributed by atoms with E-state index in [1.165, 1.54) is 19.3 Å². The number of hydrogen-bond acceptors (Lipinski definition) is 5. The van der Waals surface area contributed by atoms with Gasteiger partial charge in [0.1, 0.15) is 5.69 Å². The third-order valence-corrected chi connectivity index (χ3v) is 6.41. The number of rotatable bonds is 5. The molecule has 0 radical (unpaired) electrons. The molecule has 0 unspecified atom stereocenters. The number of nitrogens with one attached hydrogen (secondary N) is 2. The van der Waals surface area contributed by atoms with Crippen LogP contribution in [0.25, 0.3) is 10.9 Å². The third-order valence-electron chi connectivity index (χ3n) is 5.46. The molecule has 0 aliphatic carbocycles. The topological polar surface area (TPSA) is 78.8 Å². The van der Waals surface area contributed by atoms with Gasteiger partial charge in [0, 0.05) is 35.7 Å². The Morgan fingerprint density at radius 2 is 2.10 bits per heavy atom. The van der Waals surface area contributed by atoms with Gasteiger partial charge in [0.2, 0.25) is 0 Å². The predicted molar refractivity (Wildman–Crippen MR) is 120 cm³/mol. The molecule has 154 valence electrons. The van der Waals surface area contributed by atoms with Crippen LogP contribution in [0, 0.1) is 6.92 Å². The Balaban J connectivity index is 1.33. The average Bonchev–Trinajstić information content (AvgIpc) is 3.48. The molecule has 0 atom stereocenters. The fourth-order valence-electron chi connectivity index (χ4n) is 3.97. The number of amides is 1. The van der Waals surface area contributed by atoms with Gasteiger partial charge in [-0.1, -0.05) is 0 Å². The highest BCUT2D eigenvalue weighted by Crippen LogP contribution is 2.25. The summed E-state index contributed by atoms with van der Waals surface area (Å²) in [5, 5.41) is 14.1. The smallest absolute Gasteiger partial charge is 0.272 e. The van der Waals surface area contributed by atoms with Gasteiger partial charge < -0.3 is 14.8 Å². The van der Waals surface area contributed by atoms with Crippen LogP contribution in [0.4, 0.5) is 10.8 Å². The van der Waals surface area contributed by atoms with Gasteiger partial charge in [0.25, 0.3) is 5.91 Å². The maximum atomic E-state index is 13.0. The number of anilines is 2. The first-order valence-electron chi connectivity index (χ1n) is 10.3. The van der Waals surface area contributed by atoms with E-state index in [1.54, 1.807) is 17.5 Å². The number of benzene rings is 1. The summed E-state index contributed by atoms with van der Waals surface area (Å²) in [6, 6.07) is 7.63. The zero-order chi connectivity index (χ0) is 20.5. The minimum atomic E-state index is -0.127. The van der Waals surface area contributed by atoms with Crippen LogP contribution in [0.3, 0.4) is 0 Å². The molecule has 2 N–H and O–H groups in total. The SMILES string of the molecule is Cc1cc(C(=O)Nc2ccc3[nH]ncc3c2)n(Cc2csc(N3CCCCC3)n2)c1. The van der Waals surface area contributed by atoms with Gasteiger partial charge >= 0.3 is 0 Å². The number of aryl methyl sites for hydroxylation is 1. The van der Waals surface area contributed by atoms with Gasteiger partial charge in [-0.25, -0.2) is 4.98 Å². The number of H-pyrrole nitrogens is 1. The maximum absolute atomic E-state index is 13.0. The van der Waals surface area contributed by atoms with E-state index in [2.05, 4.69) is 25.8 Å². The largest absolute Gasteiger partial charge is 0.348 e. The van der Waals surface area contributed by atoms with E-state index in [0.29, 0.717) is 12.2 Å². The Hall–Kier alpha value is -3.13. The van der Waals surface area contributed by atoms with E-state index in [9.17, 15) is 4.79 Å². The summed E-state index contributed by atoms with van der Waals surface area (Å²) < 4.78 is 1.98. The summed E-state index contributed by atoms with van der Waals surface area (Å²) >= 11 is 1.69. The van der Waals surface area contributed by atoms with E-state index < -0.39 is 0 Å². The molecule has 4 aromatic rings. The molecule has 0 bridgehead atoms. The highest BCUT2D eigenvalue weighted by molar-refractivity contribution is 7.13. The Kier molecular flexibility index (Phi) is 5.00. The molecule has 1 amide bonds. The van der Waals surface area contributed by atoms with E-state index in [4.69, 9.17) is 4.98 Å². The second-order valence-corrected chi connectivity index (χ2v) is 8.66. The second-order valence-electron chi connectivity index (χ2n) is 7.83. The lowest BCUT2D eigenvalue weighted by Gasteiger charge is -2.25. The van der Waals surface area contributed by atoms with Crippen molar-refractivity contribution in [2.24, 2.45) is 0 Å². The van der Waals surface area contributed by atoms with Crippen LogP contribution in [0.2, 0.25) is 0 Å². The quantitative estimate of drug-likeness (QED) is 0.501. The molecule has 0 saturated carbocycles. The summed E-state index contributed by atoms with van der Waals surface area (Å²) in [5.41, 5.74) is 4.37.